The fourth-order valence-corrected chi connectivity index (χ4v) is 6.05. The van der Waals surface area contributed by atoms with Crippen LogP contribution < -0.4 is 5.56 Å². The van der Waals surface area contributed by atoms with Crippen LogP contribution in [0.15, 0.2) is 4.79 Å². The molecule has 2 aliphatic rings. The first-order chi connectivity index (χ1) is 14.3. The minimum atomic E-state index is -0.563. The molecule has 0 aromatic carbocycles. The van der Waals surface area contributed by atoms with E-state index in [1.54, 1.807) is 11.3 Å². The predicted octanol–water partition coefficient (Wildman–Crippen LogP) is 3.78. The van der Waals surface area contributed by atoms with Gasteiger partial charge in [-0.1, -0.05) is 19.3 Å². The van der Waals surface area contributed by atoms with Gasteiger partial charge in [-0.25, -0.2) is 4.98 Å². The van der Waals surface area contributed by atoms with Gasteiger partial charge < -0.3 is 14.8 Å². The third-order valence-corrected chi connectivity index (χ3v) is 7.41. The van der Waals surface area contributed by atoms with E-state index in [1.165, 1.54) is 29.7 Å². The highest BCUT2D eigenvalue weighted by Gasteiger charge is 2.26. The number of aliphatic hydroxyl groups is 1. The van der Waals surface area contributed by atoms with Gasteiger partial charge in [-0.15, -0.1) is 11.3 Å². The van der Waals surface area contributed by atoms with Crippen molar-refractivity contribution in [3.05, 3.63) is 26.6 Å². The number of hydrogen-bond acceptors (Lipinski definition) is 6. The second-order valence-corrected chi connectivity index (χ2v) is 10.9. The van der Waals surface area contributed by atoms with Crippen LogP contribution in [0.2, 0.25) is 0 Å². The number of aliphatic hydroxyl groups excluding tert-OH is 1. The van der Waals surface area contributed by atoms with E-state index in [0.717, 1.165) is 42.3 Å². The van der Waals surface area contributed by atoms with Crippen molar-refractivity contribution in [2.75, 3.05) is 13.2 Å². The molecule has 0 aliphatic heterocycles. The van der Waals surface area contributed by atoms with E-state index in [4.69, 9.17) is 9.72 Å². The van der Waals surface area contributed by atoms with E-state index in [0.29, 0.717) is 31.6 Å². The third-order valence-electron chi connectivity index (χ3n) is 6.22. The Balaban J connectivity index is 1.53. The molecule has 2 heterocycles. The van der Waals surface area contributed by atoms with Crippen molar-refractivity contribution in [1.29, 1.82) is 0 Å². The quantitative estimate of drug-likeness (QED) is 0.695. The molecule has 2 N–H and O–H groups in total. The van der Waals surface area contributed by atoms with Crippen LogP contribution in [0.1, 0.15) is 75.6 Å². The smallest absolute Gasteiger partial charge is 0.259 e. The zero-order valence-corrected chi connectivity index (χ0v) is 19.3. The lowest BCUT2D eigenvalue weighted by Gasteiger charge is -2.35. The lowest BCUT2D eigenvalue weighted by atomic mass is 9.94. The number of thiophene rings is 1. The van der Waals surface area contributed by atoms with Crippen molar-refractivity contribution < 1.29 is 9.84 Å². The molecule has 2 aliphatic carbocycles. The van der Waals surface area contributed by atoms with Gasteiger partial charge in [0.25, 0.3) is 5.56 Å². The van der Waals surface area contributed by atoms with Crippen LogP contribution in [-0.4, -0.2) is 50.9 Å². The summed E-state index contributed by atoms with van der Waals surface area (Å²) in [5, 5.41) is 11.4. The zero-order chi connectivity index (χ0) is 21.3. The number of aryl methyl sites for hydroxylation is 2. The normalized spacial score (nSPS) is 19.0. The largest absolute Gasteiger partial charge is 0.389 e. The van der Waals surface area contributed by atoms with Crippen LogP contribution in [0.3, 0.4) is 0 Å². The molecular weight excluding hydrogens is 398 g/mol. The maximum atomic E-state index is 12.8. The number of rotatable bonds is 7. The van der Waals surface area contributed by atoms with Crippen molar-refractivity contribution >= 4 is 21.6 Å². The number of ether oxygens (including phenoxy) is 1. The molecule has 0 spiro atoms. The maximum Gasteiger partial charge on any atom is 0.259 e. The number of aromatic nitrogens is 2. The number of H-pyrrole nitrogens is 1. The van der Waals surface area contributed by atoms with Crippen molar-refractivity contribution in [2.24, 2.45) is 0 Å². The van der Waals surface area contributed by atoms with Gasteiger partial charge in [0.1, 0.15) is 10.7 Å². The zero-order valence-electron chi connectivity index (χ0n) is 18.5. The molecule has 0 amide bonds. The molecule has 6 nitrogen and oxygen atoms in total. The SMILES string of the molecule is CC(C)(C)OC[C@@H](O)CN(Cc1nc2sc3c(c2c(=O)[nH]1)CCC3)C1CCCCC1. The highest BCUT2D eigenvalue weighted by atomic mass is 32.1. The molecule has 1 saturated carbocycles. The number of nitrogens with zero attached hydrogens (tertiary/aromatic N) is 2. The summed E-state index contributed by atoms with van der Waals surface area (Å²) in [4.78, 5) is 25.2. The topological polar surface area (TPSA) is 78.5 Å². The van der Waals surface area contributed by atoms with Crippen LogP contribution in [0.25, 0.3) is 10.2 Å². The Kier molecular flexibility index (Phi) is 6.63. The molecule has 7 heteroatoms. The second kappa shape index (κ2) is 9.07. The first-order valence-corrected chi connectivity index (χ1v) is 12.2. The van der Waals surface area contributed by atoms with Crippen LogP contribution in [0.5, 0.6) is 0 Å². The van der Waals surface area contributed by atoms with Gasteiger partial charge >= 0.3 is 0 Å². The molecule has 0 bridgehead atoms. The van der Waals surface area contributed by atoms with Gasteiger partial charge in [-0.3, -0.25) is 9.69 Å². The van der Waals surface area contributed by atoms with Gasteiger partial charge in [0.2, 0.25) is 0 Å². The fraction of sp³-hybridized carbons (Fsp3) is 0.739. The molecule has 0 saturated heterocycles. The Bertz CT molecular complexity index is 924. The fourth-order valence-electron chi connectivity index (χ4n) is 4.77. The molecule has 2 aromatic heterocycles. The van der Waals surface area contributed by atoms with Crippen LogP contribution in [-0.2, 0) is 24.1 Å². The summed E-state index contributed by atoms with van der Waals surface area (Å²) in [6.07, 6.45) is 8.62. The molecule has 1 fully saturated rings. The average molecular weight is 434 g/mol. The average Bonchev–Trinajstić information content (AvgIpc) is 3.27. The first kappa shape index (κ1) is 21.9. The summed E-state index contributed by atoms with van der Waals surface area (Å²) in [5.41, 5.74) is 0.942. The highest BCUT2D eigenvalue weighted by molar-refractivity contribution is 7.18. The van der Waals surface area contributed by atoms with E-state index < -0.39 is 6.10 Å². The number of aromatic amines is 1. The summed E-state index contributed by atoms with van der Waals surface area (Å²) < 4.78 is 5.79. The highest BCUT2D eigenvalue weighted by Crippen LogP contribution is 2.34. The van der Waals surface area contributed by atoms with Gasteiger partial charge in [-0.05, 0) is 58.4 Å². The summed E-state index contributed by atoms with van der Waals surface area (Å²) >= 11 is 1.68. The van der Waals surface area contributed by atoms with E-state index in [2.05, 4.69) is 9.88 Å². The lowest BCUT2D eigenvalue weighted by molar-refractivity contribution is -0.0610. The summed E-state index contributed by atoms with van der Waals surface area (Å²) in [6, 6.07) is 0.414. The molecular formula is C23H35N3O3S. The number of hydrogen-bond donors (Lipinski definition) is 2. The molecule has 0 unspecified atom stereocenters. The van der Waals surface area contributed by atoms with Crippen molar-refractivity contribution in [1.82, 2.24) is 14.9 Å². The van der Waals surface area contributed by atoms with Gasteiger partial charge in [0.05, 0.1) is 30.2 Å². The molecule has 4 rings (SSSR count). The molecule has 1 atom stereocenters. The summed E-state index contributed by atoms with van der Waals surface area (Å²) in [7, 11) is 0. The van der Waals surface area contributed by atoms with Gasteiger partial charge in [-0.2, -0.15) is 0 Å². The standard InChI is InChI=1S/C23H35N3O3S/c1-23(2,3)29-14-16(27)12-26(15-8-5-4-6-9-15)13-19-24-21(28)20-17-10-7-11-18(17)30-22(20)25-19/h15-16,27H,4-14H2,1-3H3,(H,24,25,28)/t16-/m0/s1. The maximum absolute atomic E-state index is 12.8. The van der Waals surface area contributed by atoms with Gasteiger partial charge in [0, 0.05) is 17.5 Å². The minimum Gasteiger partial charge on any atom is -0.389 e. The Labute approximate surface area is 182 Å². The van der Waals surface area contributed by atoms with Crippen molar-refractivity contribution in [3.63, 3.8) is 0 Å². The van der Waals surface area contributed by atoms with E-state index >= 15 is 0 Å². The Morgan fingerprint density at radius 3 is 2.73 bits per heavy atom. The predicted molar refractivity (Wildman–Crippen MR) is 121 cm³/mol. The van der Waals surface area contributed by atoms with E-state index in [-0.39, 0.29) is 11.2 Å². The van der Waals surface area contributed by atoms with Crippen LogP contribution in [0, 0.1) is 0 Å². The Morgan fingerprint density at radius 2 is 2.00 bits per heavy atom. The molecule has 30 heavy (non-hydrogen) atoms. The molecule has 2 aromatic rings. The summed E-state index contributed by atoms with van der Waals surface area (Å²) in [5.74, 6) is 0.710. The van der Waals surface area contributed by atoms with Crippen molar-refractivity contribution in [2.45, 2.75) is 96.4 Å². The number of fused-ring (bicyclic) bond motifs is 3. The minimum absolute atomic E-state index is 0.00499. The van der Waals surface area contributed by atoms with Crippen LogP contribution in [0.4, 0.5) is 0 Å². The monoisotopic (exact) mass is 433 g/mol. The Morgan fingerprint density at radius 1 is 1.23 bits per heavy atom. The molecule has 0 radical (unpaired) electrons. The third kappa shape index (κ3) is 5.13. The van der Waals surface area contributed by atoms with Crippen molar-refractivity contribution in [3.8, 4) is 0 Å². The van der Waals surface area contributed by atoms with Crippen LogP contribution >= 0.6 is 11.3 Å². The number of nitrogens with one attached hydrogen (secondary N) is 1. The first-order valence-electron chi connectivity index (χ1n) is 11.4. The second-order valence-electron chi connectivity index (χ2n) is 9.85. The molecule has 166 valence electrons. The summed E-state index contributed by atoms with van der Waals surface area (Å²) in [6.45, 7) is 7.41. The van der Waals surface area contributed by atoms with E-state index in [9.17, 15) is 9.90 Å². The van der Waals surface area contributed by atoms with Gasteiger partial charge in [0.15, 0.2) is 0 Å². The Hall–Kier alpha value is -1.28. The lowest BCUT2D eigenvalue weighted by Crippen LogP contribution is -2.43. The van der Waals surface area contributed by atoms with E-state index in [1.807, 2.05) is 20.8 Å².